The minimum Gasteiger partial charge on any atom is -0.337 e. The number of imide groups is 1. The maximum Gasteiger partial charge on any atom is 0.401 e. The van der Waals surface area contributed by atoms with Crippen molar-refractivity contribution in [1.29, 1.82) is 0 Å². The Kier molecular flexibility index (Phi) is 5.16. The van der Waals surface area contributed by atoms with Gasteiger partial charge in [-0.3, -0.25) is 14.6 Å². The number of carbonyl (C=O) groups is 2. The molecule has 164 valence electrons. The highest BCUT2D eigenvalue weighted by atomic mass is 79.9. The summed E-state index contributed by atoms with van der Waals surface area (Å²) in [5.74, 6) is 0.922. The number of rotatable bonds is 6. The second-order valence-electron chi connectivity index (χ2n) is 8.05. The number of amidine groups is 1. The van der Waals surface area contributed by atoms with Gasteiger partial charge in [0.05, 0.1) is 19.4 Å². The highest BCUT2D eigenvalue weighted by Crippen LogP contribution is 2.30. The average Bonchev–Trinajstić information content (AvgIpc) is 3.48. The molecule has 1 aromatic carbocycles. The summed E-state index contributed by atoms with van der Waals surface area (Å²) in [4.78, 5) is 38.0. The summed E-state index contributed by atoms with van der Waals surface area (Å²) >= 11 is 3.42. The number of urea groups is 1. The molecule has 1 atom stereocenters. The molecule has 0 N–H and O–H groups in total. The zero-order valence-electron chi connectivity index (χ0n) is 17.8. The Bertz CT molecular complexity index is 1210. The molecule has 3 aromatic rings. The Morgan fingerprint density at radius 1 is 1.16 bits per heavy atom. The number of likely N-dealkylation sites (N-methyl/N-ethyl adjacent to an activating group) is 1. The highest BCUT2D eigenvalue weighted by Gasteiger charge is 2.53. The molecule has 5 rings (SSSR count). The van der Waals surface area contributed by atoms with Gasteiger partial charge in [0.25, 0.3) is 5.91 Å². The van der Waals surface area contributed by atoms with Crippen molar-refractivity contribution in [3.05, 3.63) is 64.9 Å². The predicted octanol–water partition coefficient (Wildman–Crippen LogP) is 2.81. The Balaban J connectivity index is 1.41. The number of aliphatic imine (C=N–C) groups is 1. The van der Waals surface area contributed by atoms with E-state index in [0.29, 0.717) is 11.8 Å². The highest BCUT2D eigenvalue weighted by molar-refractivity contribution is 9.10. The van der Waals surface area contributed by atoms with Gasteiger partial charge in [0.15, 0.2) is 0 Å². The van der Waals surface area contributed by atoms with E-state index < -0.39 is 6.04 Å². The van der Waals surface area contributed by atoms with Gasteiger partial charge in [0, 0.05) is 30.5 Å². The largest absolute Gasteiger partial charge is 0.401 e. The molecule has 10 heteroatoms. The topological polar surface area (TPSA) is 79.6 Å². The molecule has 2 aliphatic rings. The number of fused-ring (bicyclic) bond motifs is 3. The number of carbonyl (C=O) groups excluding carboxylic acids is 2. The Labute approximate surface area is 193 Å². The monoisotopic (exact) mass is 496 g/mol. The van der Waals surface area contributed by atoms with Crippen LogP contribution in [0.4, 0.5) is 10.7 Å². The molecule has 4 heterocycles. The summed E-state index contributed by atoms with van der Waals surface area (Å²) in [5.41, 5.74) is 1.92. The molecule has 9 nitrogen and oxygen atoms in total. The van der Waals surface area contributed by atoms with Crippen molar-refractivity contribution in [1.82, 2.24) is 23.9 Å². The third-order valence-electron chi connectivity index (χ3n) is 5.93. The van der Waals surface area contributed by atoms with E-state index in [1.54, 1.807) is 19.6 Å². The van der Waals surface area contributed by atoms with Gasteiger partial charge in [-0.2, -0.15) is 0 Å². The molecule has 0 saturated carbocycles. The van der Waals surface area contributed by atoms with Gasteiger partial charge in [-0.05, 0) is 31.0 Å². The average molecular weight is 497 g/mol. The second-order valence-corrected chi connectivity index (χ2v) is 8.96. The van der Waals surface area contributed by atoms with Crippen molar-refractivity contribution < 1.29 is 14.2 Å². The van der Waals surface area contributed by atoms with E-state index in [-0.39, 0.29) is 18.5 Å². The Morgan fingerprint density at radius 2 is 1.94 bits per heavy atom. The van der Waals surface area contributed by atoms with E-state index in [1.165, 1.54) is 9.80 Å². The first kappa shape index (κ1) is 20.6. The number of halogens is 1. The lowest BCUT2D eigenvalue weighted by molar-refractivity contribution is -0.677. The van der Waals surface area contributed by atoms with Crippen LogP contribution < -0.4 is 4.57 Å². The third-order valence-corrected chi connectivity index (χ3v) is 6.46. The smallest absolute Gasteiger partial charge is 0.337 e. The zero-order chi connectivity index (χ0) is 22.4. The molecule has 1 saturated heterocycles. The number of aromatic nitrogens is 4. The van der Waals surface area contributed by atoms with E-state index in [4.69, 9.17) is 4.99 Å². The summed E-state index contributed by atoms with van der Waals surface area (Å²) in [5, 5.41) is 0. The summed E-state index contributed by atoms with van der Waals surface area (Å²) < 4.78 is 6.98. The van der Waals surface area contributed by atoms with Crippen LogP contribution in [-0.4, -0.2) is 48.7 Å². The van der Waals surface area contributed by atoms with Gasteiger partial charge in [0.2, 0.25) is 11.9 Å². The number of nitrogens with zero attached hydrogens (tertiary/aromatic N) is 7. The first-order chi connectivity index (χ1) is 15.4. The molecular weight excluding hydrogens is 474 g/mol. The van der Waals surface area contributed by atoms with E-state index in [1.807, 2.05) is 52.7 Å². The normalized spacial score (nSPS) is 17.6. The molecule has 0 bridgehead atoms. The zero-order valence-corrected chi connectivity index (χ0v) is 19.4. The summed E-state index contributed by atoms with van der Waals surface area (Å²) in [7, 11) is 1.68. The fourth-order valence-corrected chi connectivity index (χ4v) is 4.52. The molecule has 3 amide bonds. The molecule has 0 radical (unpaired) electrons. The molecule has 2 aliphatic heterocycles. The molecule has 0 spiro atoms. The van der Waals surface area contributed by atoms with Crippen LogP contribution in [0.15, 0.2) is 58.6 Å². The molecular formula is C22H23BrN7O2+. The Morgan fingerprint density at radius 3 is 2.66 bits per heavy atom. The van der Waals surface area contributed by atoms with Gasteiger partial charge in [-0.25, -0.2) is 18.9 Å². The minimum atomic E-state index is -0.628. The van der Waals surface area contributed by atoms with E-state index in [0.717, 1.165) is 35.2 Å². The van der Waals surface area contributed by atoms with Gasteiger partial charge in [-0.1, -0.05) is 33.1 Å². The quantitative estimate of drug-likeness (QED) is 0.492. The van der Waals surface area contributed by atoms with Crippen LogP contribution in [0.5, 0.6) is 0 Å². The van der Waals surface area contributed by atoms with Crippen molar-refractivity contribution in [2.75, 3.05) is 7.05 Å². The van der Waals surface area contributed by atoms with Gasteiger partial charge in [-0.15, -0.1) is 0 Å². The maximum absolute atomic E-state index is 13.4. The van der Waals surface area contributed by atoms with Crippen LogP contribution in [-0.2, 0) is 24.4 Å². The van der Waals surface area contributed by atoms with E-state index in [9.17, 15) is 9.59 Å². The lowest BCUT2D eigenvalue weighted by atomic mass is 10.1. The summed E-state index contributed by atoms with van der Waals surface area (Å²) in [6.45, 7) is 3.83. The SMILES string of the molecule is Cc1c[n+]2c(n1CCCn1ccnc1)N=C1C2C(=O)N(Cc2ccc(Br)cc2)C(=O)N1C. The van der Waals surface area contributed by atoms with Crippen LogP contribution in [0.2, 0.25) is 0 Å². The summed E-state index contributed by atoms with van der Waals surface area (Å²) in [6, 6.07) is 6.63. The predicted molar refractivity (Wildman–Crippen MR) is 120 cm³/mol. The molecule has 1 unspecified atom stereocenters. The standard InChI is InChI=1S/C22H23BrN7O2/c1-15-12-29-18-19(25-21(29)28(15)10-3-9-27-11-8-24-14-27)26(2)22(32)30(20(18)31)13-16-4-6-17(23)7-5-16/h4-8,11-12,14,18H,3,9-10,13H2,1-2H3/q+1. The molecule has 2 aromatic heterocycles. The fourth-order valence-electron chi connectivity index (χ4n) is 4.26. The lowest BCUT2D eigenvalue weighted by Gasteiger charge is -2.33. The summed E-state index contributed by atoms with van der Waals surface area (Å²) in [6.07, 6.45) is 8.36. The van der Waals surface area contributed by atoms with Crippen molar-refractivity contribution in [3.8, 4) is 0 Å². The van der Waals surface area contributed by atoms with Crippen molar-refractivity contribution in [2.24, 2.45) is 4.99 Å². The van der Waals surface area contributed by atoms with E-state index in [2.05, 4.69) is 25.5 Å². The van der Waals surface area contributed by atoms with E-state index >= 15 is 0 Å². The van der Waals surface area contributed by atoms with Crippen molar-refractivity contribution in [2.45, 2.75) is 39.0 Å². The van der Waals surface area contributed by atoms with Gasteiger partial charge < -0.3 is 4.57 Å². The second kappa shape index (κ2) is 8.01. The number of aryl methyl sites for hydroxylation is 2. The van der Waals surface area contributed by atoms with Crippen LogP contribution in [0.3, 0.4) is 0 Å². The first-order valence-corrected chi connectivity index (χ1v) is 11.2. The number of amides is 3. The lowest BCUT2D eigenvalue weighted by Crippen LogP contribution is -2.62. The first-order valence-electron chi connectivity index (χ1n) is 10.4. The number of hydrogen-bond acceptors (Lipinski definition) is 4. The van der Waals surface area contributed by atoms with Crippen molar-refractivity contribution in [3.63, 3.8) is 0 Å². The molecule has 0 aliphatic carbocycles. The van der Waals surface area contributed by atoms with Gasteiger partial charge >= 0.3 is 12.0 Å². The van der Waals surface area contributed by atoms with Crippen LogP contribution >= 0.6 is 15.9 Å². The molecule has 32 heavy (non-hydrogen) atoms. The number of benzene rings is 1. The third kappa shape index (κ3) is 3.44. The van der Waals surface area contributed by atoms with Crippen LogP contribution in [0.1, 0.15) is 23.7 Å². The van der Waals surface area contributed by atoms with Crippen molar-refractivity contribution >= 4 is 39.7 Å². The van der Waals surface area contributed by atoms with Gasteiger partial charge in [0.1, 0.15) is 11.9 Å². The van der Waals surface area contributed by atoms with Crippen LogP contribution in [0.25, 0.3) is 0 Å². The molecule has 1 fully saturated rings. The Hall–Kier alpha value is -3.27. The number of hydrogen-bond donors (Lipinski definition) is 0. The number of imidazole rings is 2. The van der Waals surface area contributed by atoms with Crippen LogP contribution in [0, 0.1) is 6.92 Å². The maximum atomic E-state index is 13.4. The fraction of sp³-hybridized carbons (Fsp3) is 0.318. The minimum absolute atomic E-state index is 0.222.